The summed E-state index contributed by atoms with van der Waals surface area (Å²) in [6.45, 7) is 0.156. The van der Waals surface area contributed by atoms with E-state index in [0.29, 0.717) is 22.6 Å². The van der Waals surface area contributed by atoms with Crippen molar-refractivity contribution in [3.63, 3.8) is 0 Å². The van der Waals surface area contributed by atoms with Crippen molar-refractivity contribution in [1.82, 2.24) is 0 Å². The topological polar surface area (TPSA) is 44.5 Å². The molecule has 0 spiro atoms. The molecule has 0 atom stereocenters. The molecule has 2 aromatic carbocycles. The predicted octanol–water partition coefficient (Wildman–Crippen LogP) is 2.94. The van der Waals surface area contributed by atoms with Gasteiger partial charge in [0.2, 0.25) is 6.79 Å². The molecule has 0 radical (unpaired) electrons. The number of fused-ring (bicyclic) bond motifs is 1. The van der Waals surface area contributed by atoms with E-state index in [0.717, 1.165) is 0 Å². The van der Waals surface area contributed by atoms with E-state index in [1.807, 2.05) is 0 Å². The third-order valence-corrected chi connectivity index (χ3v) is 2.78. The van der Waals surface area contributed by atoms with Crippen LogP contribution >= 0.6 is 0 Å². The lowest BCUT2D eigenvalue weighted by Gasteiger charge is -2.06. The summed E-state index contributed by atoms with van der Waals surface area (Å²) in [7, 11) is 0. The molecule has 0 bridgehead atoms. The summed E-state index contributed by atoms with van der Waals surface area (Å²) < 4.78 is 37.1. The summed E-state index contributed by atoms with van der Waals surface area (Å²) in [4.78, 5) is 0. The standard InChI is InChI=1S/C13H9F2NO2/c14-9-3-8(4-10(15)13(9)16)7-1-2-11-12(5-7)18-6-17-11/h1-5H,6,16H2. The van der Waals surface area contributed by atoms with Gasteiger partial charge < -0.3 is 15.2 Å². The lowest BCUT2D eigenvalue weighted by atomic mass is 10.0. The Hall–Kier alpha value is -2.30. The summed E-state index contributed by atoms with van der Waals surface area (Å²) in [6, 6.07) is 7.46. The fourth-order valence-corrected chi connectivity index (χ4v) is 1.83. The zero-order valence-electron chi connectivity index (χ0n) is 9.24. The van der Waals surface area contributed by atoms with Crippen LogP contribution in [-0.4, -0.2) is 6.79 Å². The molecule has 0 fully saturated rings. The molecule has 1 aliphatic rings. The van der Waals surface area contributed by atoms with Crippen LogP contribution in [0.4, 0.5) is 14.5 Å². The van der Waals surface area contributed by atoms with Crippen LogP contribution in [-0.2, 0) is 0 Å². The van der Waals surface area contributed by atoms with E-state index in [4.69, 9.17) is 15.2 Å². The average Bonchev–Trinajstić information content (AvgIpc) is 2.82. The lowest BCUT2D eigenvalue weighted by molar-refractivity contribution is 0.174. The molecule has 3 rings (SSSR count). The maximum atomic E-state index is 13.4. The molecule has 2 aromatic rings. The maximum Gasteiger partial charge on any atom is 0.231 e. The highest BCUT2D eigenvalue weighted by Gasteiger charge is 2.15. The molecule has 3 nitrogen and oxygen atoms in total. The molecule has 2 N–H and O–H groups in total. The van der Waals surface area contributed by atoms with E-state index in [2.05, 4.69) is 0 Å². The Balaban J connectivity index is 2.10. The number of nitrogens with two attached hydrogens (primary N) is 1. The van der Waals surface area contributed by atoms with Crippen molar-refractivity contribution in [2.75, 3.05) is 12.5 Å². The SMILES string of the molecule is Nc1c(F)cc(-c2ccc3c(c2)OCO3)cc1F. The third-order valence-electron chi connectivity index (χ3n) is 2.78. The molecule has 1 aliphatic heterocycles. The van der Waals surface area contributed by atoms with E-state index in [-0.39, 0.29) is 6.79 Å². The Morgan fingerprint density at radius 3 is 2.28 bits per heavy atom. The van der Waals surface area contributed by atoms with Crippen molar-refractivity contribution in [3.05, 3.63) is 42.0 Å². The van der Waals surface area contributed by atoms with E-state index < -0.39 is 17.3 Å². The highest BCUT2D eigenvalue weighted by Crippen LogP contribution is 2.36. The van der Waals surface area contributed by atoms with Gasteiger partial charge >= 0.3 is 0 Å². The third kappa shape index (κ3) is 1.64. The minimum atomic E-state index is -0.775. The number of nitrogen functional groups attached to an aromatic ring is 1. The molecule has 18 heavy (non-hydrogen) atoms. The van der Waals surface area contributed by atoms with Gasteiger partial charge in [0.15, 0.2) is 11.5 Å². The Kier molecular flexibility index (Phi) is 2.33. The van der Waals surface area contributed by atoms with Gasteiger partial charge in [-0.1, -0.05) is 6.07 Å². The number of halogens is 2. The minimum absolute atomic E-state index is 0.156. The molecule has 92 valence electrons. The number of rotatable bonds is 1. The van der Waals surface area contributed by atoms with E-state index in [1.165, 1.54) is 12.1 Å². The summed E-state index contributed by atoms with van der Waals surface area (Å²) in [5.41, 5.74) is 5.79. The van der Waals surface area contributed by atoms with Crippen molar-refractivity contribution >= 4 is 5.69 Å². The molecule has 0 saturated carbocycles. The summed E-state index contributed by atoms with van der Waals surface area (Å²) in [5.74, 6) is -0.370. The van der Waals surface area contributed by atoms with Gasteiger partial charge in [0, 0.05) is 0 Å². The van der Waals surface area contributed by atoms with Crippen LogP contribution in [0, 0.1) is 11.6 Å². The lowest BCUT2D eigenvalue weighted by Crippen LogP contribution is -1.96. The first kappa shape index (κ1) is 10.8. The van der Waals surface area contributed by atoms with Crippen molar-refractivity contribution in [2.45, 2.75) is 0 Å². The van der Waals surface area contributed by atoms with Gasteiger partial charge in [-0.05, 0) is 35.4 Å². The second kappa shape index (κ2) is 3.87. The van der Waals surface area contributed by atoms with Gasteiger partial charge in [0.1, 0.15) is 17.3 Å². The molecule has 0 amide bonds. The highest BCUT2D eigenvalue weighted by atomic mass is 19.1. The quantitative estimate of drug-likeness (QED) is 0.790. The summed E-state index contributed by atoms with van der Waals surface area (Å²) in [6.07, 6.45) is 0. The zero-order chi connectivity index (χ0) is 12.7. The first-order valence-electron chi connectivity index (χ1n) is 5.29. The first-order valence-corrected chi connectivity index (χ1v) is 5.29. The molecule has 0 aromatic heterocycles. The Labute approximate surface area is 102 Å². The normalized spacial score (nSPS) is 12.8. The molecule has 0 saturated heterocycles. The first-order chi connectivity index (χ1) is 8.65. The van der Waals surface area contributed by atoms with E-state index in [9.17, 15) is 8.78 Å². The molecule has 0 unspecified atom stereocenters. The fraction of sp³-hybridized carbons (Fsp3) is 0.0769. The van der Waals surface area contributed by atoms with Crippen molar-refractivity contribution in [3.8, 4) is 22.6 Å². The molecule has 5 heteroatoms. The van der Waals surface area contributed by atoms with Crippen molar-refractivity contribution in [1.29, 1.82) is 0 Å². The second-order valence-corrected chi connectivity index (χ2v) is 3.92. The number of hydrogen-bond acceptors (Lipinski definition) is 3. The van der Waals surface area contributed by atoms with E-state index in [1.54, 1.807) is 18.2 Å². The van der Waals surface area contributed by atoms with Crippen LogP contribution in [0.5, 0.6) is 11.5 Å². The van der Waals surface area contributed by atoms with Crippen molar-refractivity contribution in [2.24, 2.45) is 0 Å². The average molecular weight is 249 g/mol. The van der Waals surface area contributed by atoms with Gasteiger partial charge in [-0.3, -0.25) is 0 Å². The predicted molar refractivity (Wildman–Crippen MR) is 62.3 cm³/mol. The molecule has 1 heterocycles. The largest absolute Gasteiger partial charge is 0.454 e. The van der Waals surface area contributed by atoms with Gasteiger partial charge in [-0.2, -0.15) is 0 Å². The van der Waals surface area contributed by atoms with Crippen LogP contribution in [0.2, 0.25) is 0 Å². The van der Waals surface area contributed by atoms with Crippen LogP contribution in [0.1, 0.15) is 0 Å². The molecular formula is C13H9F2NO2. The Morgan fingerprint density at radius 2 is 1.56 bits per heavy atom. The molecule has 0 aliphatic carbocycles. The van der Waals surface area contributed by atoms with Crippen LogP contribution in [0.3, 0.4) is 0 Å². The Bertz CT molecular complexity index is 605. The van der Waals surface area contributed by atoms with Gasteiger partial charge in [0.05, 0.1) is 0 Å². The highest BCUT2D eigenvalue weighted by molar-refractivity contribution is 5.69. The van der Waals surface area contributed by atoms with Crippen molar-refractivity contribution < 1.29 is 18.3 Å². The van der Waals surface area contributed by atoms with Crippen LogP contribution in [0.15, 0.2) is 30.3 Å². The monoisotopic (exact) mass is 249 g/mol. The van der Waals surface area contributed by atoms with Gasteiger partial charge in [-0.25, -0.2) is 8.78 Å². The number of ether oxygens (including phenoxy) is 2. The van der Waals surface area contributed by atoms with Gasteiger partial charge in [0.25, 0.3) is 0 Å². The van der Waals surface area contributed by atoms with Gasteiger partial charge in [-0.15, -0.1) is 0 Å². The fourth-order valence-electron chi connectivity index (χ4n) is 1.83. The molecular weight excluding hydrogens is 240 g/mol. The zero-order valence-corrected chi connectivity index (χ0v) is 9.24. The Morgan fingerprint density at radius 1 is 0.889 bits per heavy atom. The summed E-state index contributed by atoms with van der Waals surface area (Å²) >= 11 is 0. The number of hydrogen-bond donors (Lipinski definition) is 1. The van der Waals surface area contributed by atoms with Crippen LogP contribution in [0.25, 0.3) is 11.1 Å². The van der Waals surface area contributed by atoms with Crippen LogP contribution < -0.4 is 15.2 Å². The number of benzene rings is 2. The van der Waals surface area contributed by atoms with E-state index >= 15 is 0 Å². The smallest absolute Gasteiger partial charge is 0.231 e. The minimum Gasteiger partial charge on any atom is -0.454 e. The maximum absolute atomic E-state index is 13.4. The second-order valence-electron chi connectivity index (χ2n) is 3.92. The number of anilines is 1. The summed E-state index contributed by atoms with van der Waals surface area (Å²) in [5, 5.41) is 0.